The molecule has 0 N–H and O–H groups in total. The van der Waals surface area contributed by atoms with Crippen LogP contribution in [-0.2, 0) is 16.0 Å². The maximum absolute atomic E-state index is 11.2. The van der Waals surface area contributed by atoms with Crippen LogP contribution in [0.5, 0.6) is 0 Å². The van der Waals surface area contributed by atoms with Crippen LogP contribution in [0.3, 0.4) is 0 Å². The van der Waals surface area contributed by atoms with E-state index in [-0.39, 0.29) is 12.4 Å². The Morgan fingerprint density at radius 2 is 2.06 bits per heavy atom. The normalized spacial score (nSPS) is 10.4. The van der Waals surface area contributed by atoms with Crippen molar-refractivity contribution in [3.05, 3.63) is 47.0 Å². The molecule has 0 bridgehead atoms. The van der Waals surface area contributed by atoms with Gasteiger partial charge in [0, 0.05) is 10.4 Å². The number of carbonyl (C=O) groups excluding carboxylic acids is 1. The van der Waals surface area contributed by atoms with Crippen molar-refractivity contribution < 1.29 is 9.53 Å². The van der Waals surface area contributed by atoms with Crippen LogP contribution < -0.4 is 0 Å². The predicted octanol–water partition coefficient (Wildman–Crippen LogP) is 3.21. The van der Waals surface area contributed by atoms with Crippen molar-refractivity contribution in [2.24, 2.45) is 0 Å². The van der Waals surface area contributed by atoms with Gasteiger partial charge in [-0.25, -0.2) is 0 Å². The zero-order valence-electron chi connectivity index (χ0n) is 8.87. The van der Waals surface area contributed by atoms with Gasteiger partial charge < -0.3 is 4.74 Å². The maximum atomic E-state index is 11.2. The number of ether oxygens (including phenoxy) is 1. The van der Waals surface area contributed by atoms with Gasteiger partial charge in [-0.2, -0.15) is 0 Å². The summed E-state index contributed by atoms with van der Waals surface area (Å²) in [7, 11) is 1.38. The summed E-state index contributed by atoms with van der Waals surface area (Å²) >= 11 is 6.14. The molecule has 0 spiro atoms. The monoisotopic (exact) mass is 234 g/mol. The fraction of sp³-hybridized carbons (Fsp3) is 0.154. The maximum Gasteiger partial charge on any atom is 0.309 e. The summed E-state index contributed by atoms with van der Waals surface area (Å²) in [4.78, 5) is 11.2. The van der Waals surface area contributed by atoms with Gasteiger partial charge >= 0.3 is 5.97 Å². The van der Waals surface area contributed by atoms with Gasteiger partial charge in [-0.3, -0.25) is 4.79 Å². The van der Waals surface area contributed by atoms with Crippen molar-refractivity contribution in [3.63, 3.8) is 0 Å². The van der Waals surface area contributed by atoms with Crippen molar-refractivity contribution in [2.45, 2.75) is 6.42 Å². The summed E-state index contributed by atoms with van der Waals surface area (Å²) in [6.07, 6.45) is 0.251. The molecule has 0 aromatic heterocycles. The van der Waals surface area contributed by atoms with Gasteiger partial charge in [-0.1, -0.05) is 41.9 Å². The lowest BCUT2D eigenvalue weighted by atomic mass is 10.1. The summed E-state index contributed by atoms with van der Waals surface area (Å²) in [5.74, 6) is -0.258. The average Bonchev–Trinajstić information content (AvgIpc) is 2.29. The highest BCUT2D eigenvalue weighted by Gasteiger charge is 2.06. The third kappa shape index (κ3) is 2.17. The first-order valence-electron chi connectivity index (χ1n) is 4.94. The molecule has 2 nitrogen and oxygen atoms in total. The second kappa shape index (κ2) is 4.54. The molecule has 0 heterocycles. The molecular formula is C13H11ClO2. The van der Waals surface area contributed by atoms with E-state index < -0.39 is 0 Å². The lowest BCUT2D eigenvalue weighted by Crippen LogP contribution is -2.04. The molecule has 0 unspecified atom stereocenters. The quantitative estimate of drug-likeness (QED) is 0.746. The molecule has 0 atom stereocenters. The van der Waals surface area contributed by atoms with Gasteiger partial charge in [-0.05, 0) is 17.0 Å². The van der Waals surface area contributed by atoms with Gasteiger partial charge in [0.2, 0.25) is 0 Å². The molecule has 0 saturated heterocycles. The Hall–Kier alpha value is -1.54. The van der Waals surface area contributed by atoms with Gasteiger partial charge in [-0.15, -0.1) is 0 Å². The van der Waals surface area contributed by atoms with Crippen molar-refractivity contribution in [1.82, 2.24) is 0 Å². The molecule has 0 aliphatic carbocycles. The van der Waals surface area contributed by atoms with Crippen molar-refractivity contribution in [3.8, 4) is 0 Å². The largest absolute Gasteiger partial charge is 0.469 e. The summed E-state index contributed by atoms with van der Waals surface area (Å²) in [5, 5.41) is 2.70. The first-order valence-corrected chi connectivity index (χ1v) is 5.32. The van der Waals surface area contributed by atoms with Gasteiger partial charge in [0.05, 0.1) is 13.5 Å². The van der Waals surface area contributed by atoms with E-state index in [0.717, 1.165) is 16.3 Å². The Morgan fingerprint density at radius 3 is 2.81 bits per heavy atom. The Balaban J connectivity index is 2.45. The third-order valence-electron chi connectivity index (χ3n) is 2.45. The summed E-state index contributed by atoms with van der Waals surface area (Å²) in [5.41, 5.74) is 0.871. The first kappa shape index (κ1) is 11.0. The second-order valence-electron chi connectivity index (χ2n) is 3.55. The number of rotatable bonds is 2. The van der Waals surface area contributed by atoms with E-state index in [9.17, 15) is 4.79 Å². The van der Waals surface area contributed by atoms with E-state index in [1.54, 1.807) is 6.07 Å². The van der Waals surface area contributed by atoms with Crippen LogP contribution in [0.15, 0.2) is 36.4 Å². The number of carbonyl (C=O) groups is 1. The molecule has 82 valence electrons. The molecule has 0 aliphatic rings. The molecule has 3 heteroatoms. The minimum atomic E-state index is -0.258. The number of hydrogen-bond donors (Lipinski definition) is 0. The molecular weight excluding hydrogens is 224 g/mol. The average molecular weight is 235 g/mol. The first-order chi connectivity index (χ1) is 7.70. The molecule has 2 aromatic rings. The van der Waals surface area contributed by atoms with Crippen LogP contribution >= 0.6 is 11.6 Å². The molecule has 2 rings (SSSR count). The Labute approximate surface area is 98.8 Å². The second-order valence-corrected chi connectivity index (χ2v) is 3.96. The van der Waals surface area contributed by atoms with Crippen LogP contribution in [0, 0.1) is 0 Å². The fourth-order valence-corrected chi connectivity index (χ4v) is 1.98. The van der Waals surface area contributed by atoms with Crippen LogP contribution in [0.25, 0.3) is 10.8 Å². The van der Waals surface area contributed by atoms with Gasteiger partial charge in [0.1, 0.15) is 0 Å². The number of halogens is 1. The van der Waals surface area contributed by atoms with E-state index >= 15 is 0 Å². The lowest BCUT2D eigenvalue weighted by molar-refractivity contribution is -0.139. The van der Waals surface area contributed by atoms with Gasteiger partial charge in [0.15, 0.2) is 0 Å². The molecule has 16 heavy (non-hydrogen) atoms. The zero-order valence-corrected chi connectivity index (χ0v) is 9.62. The summed E-state index contributed by atoms with van der Waals surface area (Å²) < 4.78 is 4.62. The summed E-state index contributed by atoms with van der Waals surface area (Å²) in [6.45, 7) is 0. The third-order valence-corrected chi connectivity index (χ3v) is 2.76. The molecule has 0 fully saturated rings. The topological polar surface area (TPSA) is 26.3 Å². The van der Waals surface area contributed by atoms with E-state index in [1.807, 2.05) is 30.3 Å². The Kier molecular flexibility index (Phi) is 3.11. The number of methoxy groups -OCH3 is 1. The number of fused-ring (bicyclic) bond motifs is 1. The minimum absolute atomic E-state index is 0.251. The van der Waals surface area contributed by atoms with Crippen LogP contribution in [0.4, 0.5) is 0 Å². The van der Waals surface area contributed by atoms with Crippen LogP contribution in [-0.4, -0.2) is 13.1 Å². The molecule has 2 aromatic carbocycles. The molecule has 0 radical (unpaired) electrons. The van der Waals surface area contributed by atoms with Crippen molar-refractivity contribution in [2.75, 3.05) is 7.11 Å². The zero-order chi connectivity index (χ0) is 11.5. The number of hydrogen-bond acceptors (Lipinski definition) is 2. The Bertz CT molecular complexity index is 534. The highest BCUT2D eigenvalue weighted by molar-refractivity contribution is 6.35. The molecule has 0 aliphatic heterocycles. The van der Waals surface area contributed by atoms with Crippen molar-refractivity contribution >= 4 is 28.3 Å². The predicted molar refractivity (Wildman–Crippen MR) is 64.7 cm³/mol. The van der Waals surface area contributed by atoms with E-state index in [0.29, 0.717) is 5.02 Å². The van der Waals surface area contributed by atoms with E-state index in [1.165, 1.54) is 7.11 Å². The number of esters is 1. The van der Waals surface area contributed by atoms with Gasteiger partial charge in [0.25, 0.3) is 0 Å². The van der Waals surface area contributed by atoms with E-state index in [2.05, 4.69) is 4.74 Å². The minimum Gasteiger partial charge on any atom is -0.469 e. The van der Waals surface area contributed by atoms with Crippen molar-refractivity contribution in [1.29, 1.82) is 0 Å². The Morgan fingerprint density at radius 1 is 1.31 bits per heavy atom. The van der Waals surface area contributed by atoms with E-state index in [4.69, 9.17) is 11.6 Å². The number of benzene rings is 2. The molecule has 0 amide bonds. The standard InChI is InChI=1S/C13H11ClO2/c1-16-13(15)8-9-6-10-4-2-3-5-11(10)12(14)7-9/h2-7H,8H2,1H3. The smallest absolute Gasteiger partial charge is 0.309 e. The van der Waals surface area contributed by atoms with Crippen LogP contribution in [0.1, 0.15) is 5.56 Å². The summed E-state index contributed by atoms with van der Waals surface area (Å²) in [6, 6.07) is 11.6. The highest BCUT2D eigenvalue weighted by atomic mass is 35.5. The fourth-order valence-electron chi connectivity index (χ4n) is 1.66. The lowest BCUT2D eigenvalue weighted by Gasteiger charge is -2.05. The highest BCUT2D eigenvalue weighted by Crippen LogP contribution is 2.25. The SMILES string of the molecule is COC(=O)Cc1cc(Cl)c2ccccc2c1. The molecule has 0 saturated carbocycles. The van der Waals surface area contributed by atoms with Crippen LogP contribution in [0.2, 0.25) is 5.02 Å².